The zero-order valence-electron chi connectivity index (χ0n) is 14.0. The number of morpholine rings is 1. The Morgan fingerprint density at radius 3 is 2.84 bits per heavy atom. The van der Waals surface area contributed by atoms with Crippen molar-refractivity contribution in [2.24, 2.45) is 0 Å². The maximum atomic E-state index is 12.2. The Bertz CT molecular complexity index is 676. The molecule has 0 unspecified atom stereocenters. The SMILES string of the molecule is O=C(NCc1ccccn1)c1ccnc(NCCN2CCOCC2)n1. The molecule has 0 radical (unpaired) electrons. The number of carbonyl (C=O) groups is 1. The molecule has 8 heteroatoms. The van der Waals surface area contributed by atoms with Gasteiger partial charge in [-0.25, -0.2) is 9.97 Å². The van der Waals surface area contributed by atoms with Crippen LogP contribution < -0.4 is 10.6 Å². The molecule has 25 heavy (non-hydrogen) atoms. The molecule has 8 nitrogen and oxygen atoms in total. The summed E-state index contributed by atoms with van der Waals surface area (Å²) in [6, 6.07) is 7.18. The van der Waals surface area contributed by atoms with Crippen LogP contribution in [0.25, 0.3) is 0 Å². The first-order valence-corrected chi connectivity index (χ1v) is 8.36. The lowest BCUT2D eigenvalue weighted by atomic mass is 10.3. The van der Waals surface area contributed by atoms with E-state index in [1.807, 2.05) is 18.2 Å². The molecule has 2 aromatic rings. The minimum atomic E-state index is -0.246. The van der Waals surface area contributed by atoms with E-state index >= 15 is 0 Å². The van der Waals surface area contributed by atoms with Crippen LogP contribution in [-0.2, 0) is 11.3 Å². The van der Waals surface area contributed by atoms with Gasteiger partial charge in [0.25, 0.3) is 5.91 Å². The molecule has 0 aliphatic carbocycles. The maximum absolute atomic E-state index is 12.2. The number of hydrogen-bond acceptors (Lipinski definition) is 7. The fourth-order valence-corrected chi connectivity index (χ4v) is 2.49. The fraction of sp³-hybridized carbons (Fsp3) is 0.412. The van der Waals surface area contributed by atoms with Gasteiger partial charge in [-0.05, 0) is 18.2 Å². The highest BCUT2D eigenvalue weighted by molar-refractivity contribution is 5.92. The summed E-state index contributed by atoms with van der Waals surface area (Å²) < 4.78 is 5.33. The normalized spacial score (nSPS) is 14.9. The van der Waals surface area contributed by atoms with Crippen LogP contribution in [-0.4, -0.2) is 65.2 Å². The van der Waals surface area contributed by atoms with E-state index < -0.39 is 0 Å². The van der Waals surface area contributed by atoms with Crippen LogP contribution in [0.2, 0.25) is 0 Å². The van der Waals surface area contributed by atoms with E-state index in [1.54, 1.807) is 18.5 Å². The molecule has 0 saturated carbocycles. The Labute approximate surface area is 146 Å². The van der Waals surface area contributed by atoms with Gasteiger partial charge < -0.3 is 15.4 Å². The van der Waals surface area contributed by atoms with Crippen LogP contribution in [0.15, 0.2) is 36.7 Å². The number of aromatic nitrogens is 3. The van der Waals surface area contributed by atoms with Crippen molar-refractivity contribution in [3.05, 3.63) is 48.0 Å². The number of carbonyl (C=O) groups excluding carboxylic acids is 1. The maximum Gasteiger partial charge on any atom is 0.270 e. The van der Waals surface area contributed by atoms with E-state index in [0.717, 1.165) is 45.1 Å². The average Bonchev–Trinajstić information content (AvgIpc) is 2.68. The molecule has 0 spiro atoms. The first-order valence-electron chi connectivity index (χ1n) is 8.36. The average molecular weight is 342 g/mol. The molecule has 3 rings (SSSR count). The van der Waals surface area contributed by atoms with Gasteiger partial charge in [0, 0.05) is 38.6 Å². The molecule has 1 aliphatic rings. The molecule has 1 amide bonds. The lowest BCUT2D eigenvalue weighted by molar-refractivity contribution is 0.0398. The largest absolute Gasteiger partial charge is 0.379 e. The highest BCUT2D eigenvalue weighted by Gasteiger charge is 2.11. The molecule has 2 N–H and O–H groups in total. The van der Waals surface area contributed by atoms with Crippen LogP contribution in [0.4, 0.5) is 5.95 Å². The first kappa shape index (κ1) is 17.2. The molecule has 0 bridgehead atoms. The summed E-state index contributed by atoms with van der Waals surface area (Å²) in [6.07, 6.45) is 3.28. The number of hydrogen-bond donors (Lipinski definition) is 2. The first-order chi connectivity index (χ1) is 12.3. The highest BCUT2D eigenvalue weighted by Crippen LogP contribution is 2.02. The van der Waals surface area contributed by atoms with Gasteiger partial charge in [-0.2, -0.15) is 0 Å². The van der Waals surface area contributed by atoms with Gasteiger partial charge in [-0.15, -0.1) is 0 Å². The van der Waals surface area contributed by atoms with Gasteiger partial charge >= 0.3 is 0 Å². The van der Waals surface area contributed by atoms with Crippen molar-refractivity contribution in [2.45, 2.75) is 6.54 Å². The molecule has 132 valence electrons. The minimum Gasteiger partial charge on any atom is -0.379 e. The summed E-state index contributed by atoms with van der Waals surface area (Å²) >= 11 is 0. The Balaban J connectivity index is 1.47. The summed E-state index contributed by atoms with van der Waals surface area (Å²) in [7, 11) is 0. The van der Waals surface area contributed by atoms with Crippen molar-refractivity contribution in [3.63, 3.8) is 0 Å². The number of ether oxygens (including phenoxy) is 1. The summed E-state index contributed by atoms with van der Waals surface area (Å²) in [4.78, 5) is 27.1. The monoisotopic (exact) mass is 342 g/mol. The second-order valence-electron chi connectivity index (χ2n) is 5.65. The van der Waals surface area contributed by atoms with E-state index in [2.05, 4.69) is 30.5 Å². The summed E-state index contributed by atoms with van der Waals surface area (Å²) in [5.41, 5.74) is 1.13. The number of nitrogens with one attached hydrogen (secondary N) is 2. The van der Waals surface area contributed by atoms with Crippen LogP contribution in [0.3, 0.4) is 0 Å². The lowest BCUT2D eigenvalue weighted by Gasteiger charge is -2.26. The molecular weight excluding hydrogens is 320 g/mol. The van der Waals surface area contributed by atoms with Crippen molar-refractivity contribution in [2.75, 3.05) is 44.7 Å². The molecule has 0 aromatic carbocycles. The van der Waals surface area contributed by atoms with E-state index in [4.69, 9.17) is 4.74 Å². The molecular formula is C17H22N6O2. The highest BCUT2D eigenvalue weighted by atomic mass is 16.5. The van der Waals surface area contributed by atoms with Crippen molar-refractivity contribution in [1.82, 2.24) is 25.2 Å². The Morgan fingerprint density at radius 1 is 1.16 bits per heavy atom. The van der Waals surface area contributed by atoms with Gasteiger partial charge in [0.2, 0.25) is 5.95 Å². The molecule has 1 aliphatic heterocycles. The van der Waals surface area contributed by atoms with E-state index in [0.29, 0.717) is 18.2 Å². The van der Waals surface area contributed by atoms with Crippen LogP contribution >= 0.6 is 0 Å². The van der Waals surface area contributed by atoms with E-state index in [9.17, 15) is 4.79 Å². The van der Waals surface area contributed by atoms with Crippen LogP contribution in [0.5, 0.6) is 0 Å². The van der Waals surface area contributed by atoms with Crippen molar-refractivity contribution < 1.29 is 9.53 Å². The Morgan fingerprint density at radius 2 is 2.04 bits per heavy atom. The third-order valence-corrected chi connectivity index (χ3v) is 3.86. The van der Waals surface area contributed by atoms with Gasteiger partial charge in [-0.1, -0.05) is 6.07 Å². The molecule has 2 aromatic heterocycles. The summed E-state index contributed by atoms with van der Waals surface area (Å²) in [6.45, 7) is 5.42. The van der Waals surface area contributed by atoms with Gasteiger partial charge in [0.15, 0.2) is 0 Å². The Kier molecular flexibility index (Phi) is 6.24. The third-order valence-electron chi connectivity index (χ3n) is 3.86. The van der Waals surface area contributed by atoms with Gasteiger partial charge in [0.05, 0.1) is 25.5 Å². The van der Waals surface area contributed by atoms with E-state index in [1.165, 1.54) is 0 Å². The number of nitrogens with zero attached hydrogens (tertiary/aromatic N) is 4. The Hall–Kier alpha value is -2.58. The number of rotatable bonds is 7. The summed E-state index contributed by atoms with van der Waals surface area (Å²) in [5, 5.41) is 5.97. The fourth-order valence-electron chi connectivity index (χ4n) is 2.49. The minimum absolute atomic E-state index is 0.246. The van der Waals surface area contributed by atoms with Crippen molar-refractivity contribution >= 4 is 11.9 Å². The third kappa shape index (κ3) is 5.47. The van der Waals surface area contributed by atoms with Gasteiger partial charge in [0.1, 0.15) is 5.69 Å². The smallest absolute Gasteiger partial charge is 0.270 e. The number of pyridine rings is 1. The zero-order chi connectivity index (χ0) is 17.3. The predicted molar refractivity (Wildman–Crippen MR) is 93.2 cm³/mol. The molecule has 1 saturated heterocycles. The van der Waals surface area contributed by atoms with Crippen molar-refractivity contribution in [3.8, 4) is 0 Å². The molecule has 0 atom stereocenters. The van der Waals surface area contributed by atoms with Crippen LogP contribution in [0, 0.1) is 0 Å². The topological polar surface area (TPSA) is 92.3 Å². The second kappa shape index (κ2) is 9.05. The summed E-state index contributed by atoms with van der Waals surface area (Å²) in [5.74, 6) is 0.211. The number of anilines is 1. The lowest BCUT2D eigenvalue weighted by Crippen LogP contribution is -2.39. The van der Waals surface area contributed by atoms with Crippen molar-refractivity contribution in [1.29, 1.82) is 0 Å². The number of amides is 1. The molecule has 1 fully saturated rings. The second-order valence-corrected chi connectivity index (χ2v) is 5.65. The quantitative estimate of drug-likeness (QED) is 0.759. The predicted octanol–water partition coefficient (Wildman–Crippen LogP) is 0.546. The standard InChI is InChI=1S/C17H22N6O2/c24-16(21-13-14-3-1-2-5-18-14)15-4-6-19-17(22-15)20-7-8-23-9-11-25-12-10-23/h1-6H,7-13H2,(H,21,24)(H,19,20,22). The zero-order valence-corrected chi connectivity index (χ0v) is 14.0. The van der Waals surface area contributed by atoms with Gasteiger partial charge in [-0.3, -0.25) is 14.7 Å². The molecule has 3 heterocycles. The van der Waals surface area contributed by atoms with Crippen LogP contribution in [0.1, 0.15) is 16.2 Å². The van der Waals surface area contributed by atoms with E-state index in [-0.39, 0.29) is 5.91 Å².